The van der Waals surface area contributed by atoms with Crippen molar-refractivity contribution in [2.45, 2.75) is 12.7 Å². The second-order valence-corrected chi connectivity index (χ2v) is 6.97. The molecule has 0 atom stereocenters. The predicted molar refractivity (Wildman–Crippen MR) is 67.1 cm³/mol. The van der Waals surface area contributed by atoms with Crippen molar-refractivity contribution in [1.29, 1.82) is 0 Å². The molecule has 1 rings (SSSR count). The van der Waals surface area contributed by atoms with Crippen molar-refractivity contribution in [2.75, 3.05) is 17.8 Å². The molecule has 0 fully saturated rings. The van der Waals surface area contributed by atoms with Crippen LogP contribution in [0.15, 0.2) is 24.3 Å². The summed E-state index contributed by atoms with van der Waals surface area (Å²) in [6.07, 6.45) is 1.28. The van der Waals surface area contributed by atoms with Crippen molar-refractivity contribution in [2.24, 2.45) is 0 Å². The number of thioether (sulfide) groups is 1. The third kappa shape index (κ3) is 5.23. The Morgan fingerprint density at radius 3 is 2.53 bits per heavy atom. The van der Waals surface area contributed by atoms with Gasteiger partial charge in [-0.05, 0) is 18.1 Å². The van der Waals surface area contributed by atoms with E-state index in [4.69, 9.17) is 0 Å². The van der Waals surface area contributed by atoms with Crippen LogP contribution in [0.25, 0.3) is 0 Å². The summed E-state index contributed by atoms with van der Waals surface area (Å²) in [5.41, 5.74) is 2.56. The summed E-state index contributed by atoms with van der Waals surface area (Å²) in [5.74, 6) is 1.83. The molecule has 2 nitrogen and oxygen atoms in total. The molecule has 0 aliphatic rings. The van der Waals surface area contributed by atoms with Gasteiger partial charge in [-0.15, -0.1) is 0 Å². The van der Waals surface area contributed by atoms with Crippen LogP contribution in [0.4, 0.5) is 0 Å². The second kappa shape index (κ2) is 5.56. The second-order valence-electron chi connectivity index (χ2n) is 3.61. The lowest BCUT2D eigenvalue weighted by molar-refractivity contribution is 0.603. The Labute approximate surface area is 96.0 Å². The molecule has 0 aromatic heterocycles. The molecule has 0 N–H and O–H groups in total. The van der Waals surface area contributed by atoms with Gasteiger partial charge < -0.3 is 0 Å². The van der Waals surface area contributed by atoms with E-state index in [1.54, 1.807) is 11.8 Å². The Kier molecular flexibility index (Phi) is 4.67. The van der Waals surface area contributed by atoms with Crippen LogP contribution in [-0.2, 0) is 15.6 Å². The topological polar surface area (TPSA) is 34.1 Å². The molecule has 15 heavy (non-hydrogen) atoms. The van der Waals surface area contributed by atoms with Crippen LogP contribution < -0.4 is 0 Å². The van der Waals surface area contributed by atoms with Gasteiger partial charge in [0.25, 0.3) is 0 Å². The van der Waals surface area contributed by atoms with Crippen molar-refractivity contribution in [1.82, 2.24) is 0 Å². The Hall–Kier alpha value is -0.480. The minimum atomic E-state index is -2.81. The molecule has 0 heterocycles. The summed E-state index contributed by atoms with van der Waals surface area (Å²) < 4.78 is 21.8. The van der Waals surface area contributed by atoms with Crippen molar-refractivity contribution >= 4 is 21.6 Å². The maximum Gasteiger partial charge on any atom is 0.148 e. The first-order valence-electron chi connectivity index (χ1n) is 4.79. The molecular weight excluding hydrogens is 228 g/mol. The van der Waals surface area contributed by atoms with Gasteiger partial charge in [0, 0.05) is 17.8 Å². The highest BCUT2D eigenvalue weighted by Gasteiger charge is 2.02. The first kappa shape index (κ1) is 12.6. The van der Waals surface area contributed by atoms with Crippen molar-refractivity contribution in [3.8, 4) is 0 Å². The highest BCUT2D eigenvalue weighted by molar-refractivity contribution is 7.99. The van der Waals surface area contributed by atoms with E-state index in [1.165, 1.54) is 17.4 Å². The minimum absolute atomic E-state index is 0.267. The van der Waals surface area contributed by atoms with E-state index >= 15 is 0 Å². The highest BCUT2D eigenvalue weighted by atomic mass is 32.2. The first-order valence-corrected chi connectivity index (χ1v) is 8.00. The monoisotopic (exact) mass is 244 g/mol. The van der Waals surface area contributed by atoms with E-state index in [-0.39, 0.29) is 5.75 Å². The molecule has 0 amide bonds. The zero-order valence-corrected chi connectivity index (χ0v) is 10.7. The Balaban J connectivity index is 2.36. The van der Waals surface area contributed by atoms with E-state index in [2.05, 4.69) is 19.1 Å². The average Bonchev–Trinajstić information content (AvgIpc) is 2.13. The maximum atomic E-state index is 10.9. The van der Waals surface area contributed by atoms with Gasteiger partial charge in [-0.3, -0.25) is 0 Å². The normalized spacial score (nSPS) is 11.6. The van der Waals surface area contributed by atoms with Gasteiger partial charge in [0.2, 0.25) is 0 Å². The van der Waals surface area contributed by atoms with Crippen LogP contribution >= 0.6 is 11.8 Å². The minimum Gasteiger partial charge on any atom is -0.229 e. The van der Waals surface area contributed by atoms with Crippen LogP contribution in [0, 0.1) is 6.92 Å². The van der Waals surface area contributed by atoms with Gasteiger partial charge >= 0.3 is 0 Å². The molecule has 0 unspecified atom stereocenters. The molecular formula is C11H16O2S2. The lowest BCUT2D eigenvalue weighted by Crippen LogP contribution is -2.05. The van der Waals surface area contributed by atoms with E-state index in [0.29, 0.717) is 5.75 Å². The van der Waals surface area contributed by atoms with Crippen molar-refractivity contribution < 1.29 is 8.42 Å². The fraction of sp³-hybridized carbons (Fsp3) is 0.455. The van der Waals surface area contributed by atoms with Crippen molar-refractivity contribution in [3.05, 3.63) is 35.4 Å². The largest absolute Gasteiger partial charge is 0.229 e. The lowest BCUT2D eigenvalue weighted by Gasteiger charge is -2.04. The molecule has 0 radical (unpaired) electrons. The van der Waals surface area contributed by atoms with Gasteiger partial charge in [-0.2, -0.15) is 11.8 Å². The number of aryl methyl sites for hydroxylation is 1. The van der Waals surface area contributed by atoms with Crippen LogP contribution in [0.5, 0.6) is 0 Å². The van der Waals surface area contributed by atoms with E-state index in [1.807, 2.05) is 12.1 Å². The fourth-order valence-electron chi connectivity index (χ4n) is 1.16. The van der Waals surface area contributed by atoms with Gasteiger partial charge in [-0.1, -0.05) is 24.3 Å². The summed E-state index contributed by atoms with van der Waals surface area (Å²) in [6, 6.07) is 8.19. The summed E-state index contributed by atoms with van der Waals surface area (Å²) in [7, 11) is -2.81. The van der Waals surface area contributed by atoms with Crippen LogP contribution in [-0.4, -0.2) is 26.2 Å². The van der Waals surface area contributed by atoms with E-state index in [9.17, 15) is 8.42 Å². The zero-order chi connectivity index (χ0) is 11.3. The van der Waals surface area contributed by atoms with Crippen LogP contribution in [0.3, 0.4) is 0 Å². The third-order valence-electron chi connectivity index (χ3n) is 2.12. The summed E-state index contributed by atoms with van der Waals surface area (Å²) >= 11 is 1.67. The average molecular weight is 244 g/mol. The van der Waals surface area contributed by atoms with Crippen molar-refractivity contribution in [3.63, 3.8) is 0 Å². The quantitative estimate of drug-likeness (QED) is 0.745. The van der Waals surface area contributed by atoms with Gasteiger partial charge in [-0.25, -0.2) is 8.42 Å². The van der Waals surface area contributed by atoms with Gasteiger partial charge in [0.15, 0.2) is 0 Å². The zero-order valence-electron chi connectivity index (χ0n) is 9.06. The molecule has 0 aliphatic heterocycles. The first-order chi connectivity index (χ1) is 6.99. The van der Waals surface area contributed by atoms with Crippen LogP contribution in [0.2, 0.25) is 0 Å². The molecule has 0 bridgehead atoms. The van der Waals surface area contributed by atoms with Gasteiger partial charge in [0.05, 0.1) is 5.75 Å². The third-order valence-corrected chi connectivity index (χ3v) is 4.33. The van der Waals surface area contributed by atoms with E-state index in [0.717, 1.165) is 5.75 Å². The number of benzene rings is 1. The molecule has 4 heteroatoms. The summed E-state index contributed by atoms with van der Waals surface area (Å²) in [4.78, 5) is 0. The number of rotatable bonds is 5. The van der Waals surface area contributed by atoms with Crippen LogP contribution in [0.1, 0.15) is 11.1 Å². The SMILES string of the molecule is Cc1ccccc1CSCCS(C)(=O)=O. The molecule has 0 saturated carbocycles. The number of hydrogen-bond acceptors (Lipinski definition) is 3. The molecule has 0 saturated heterocycles. The molecule has 1 aromatic rings. The lowest BCUT2D eigenvalue weighted by atomic mass is 10.1. The molecule has 0 aliphatic carbocycles. The number of hydrogen-bond donors (Lipinski definition) is 0. The summed E-state index contributed by atoms with van der Waals surface area (Å²) in [5, 5.41) is 0. The Bertz CT molecular complexity index is 410. The van der Waals surface area contributed by atoms with E-state index < -0.39 is 9.84 Å². The Morgan fingerprint density at radius 1 is 1.27 bits per heavy atom. The fourth-order valence-corrected chi connectivity index (χ4v) is 3.54. The number of sulfone groups is 1. The van der Waals surface area contributed by atoms with Gasteiger partial charge in [0.1, 0.15) is 9.84 Å². The predicted octanol–water partition coefficient (Wildman–Crippen LogP) is 2.27. The summed E-state index contributed by atoms with van der Waals surface area (Å²) in [6.45, 7) is 2.08. The maximum absolute atomic E-state index is 10.9. The standard InChI is InChI=1S/C11H16O2S2/c1-10-5-3-4-6-11(10)9-14-7-8-15(2,12)13/h3-6H,7-9H2,1-2H3. The molecule has 1 aromatic carbocycles. The highest BCUT2D eigenvalue weighted by Crippen LogP contribution is 2.15. The Morgan fingerprint density at radius 2 is 1.93 bits per heavy atom. The molecule has 84 valence electrons. The smallest absolute Gasteiger partial charge is 0.148 e. The molecule has 0 spiro atoms.